The van der Waals surface area contributed by atoms with E-state index in [0.717, 1.165) is 27.7 Å². The van der Waals surface area contributed by atoms with Crippen molar-refractivity contribution in [1.82, 2.24) is 9.88 Å². The molecule has 5 heteroatoms. The summed E-state index contributed by atoms with van der Waals surface area (Å²) in [6.07, 6.45) is 1.25. The van der Waals surface area contributed by atoms with E-state index >= 15 is 0 Å². The van der Waals surface area contributed by atoms with Gasteiger partial charge in [0.1, 0.15) is 0 Å². The molecule has 5 nitrogen and oxygen atoms in total. The molecule has 2 aromatic rings. The highest BCUT2D eigenvalue weighted by molar-refractivity contribution is 5.86. The van der Waals surface area contributed by atoms with Crippen molar-refractivity contribution in [2.45, 2.75) is 33.1 Å². The lowest BCUT2D eigenvalue weighted by molar-refractivity contribution is -0.141. The average molecular weight is 328 g/mol. The largest absolute Gasteiger partial charge is 0.469 e. The Balaban J connectivity index is 2.08. The van der Waals surface area contributed by atoms with Crippen molar-refractivity contribution in [1.29, 1.82) is 0 Å². The normalized spacial score (nSPS) is 10.7. The predicted molar refractivity (Wildman–Crippen MR) is 93.8 cm³/mol. The first-order chi connectivity index (χ1) is 11.4. The molecule has 24 heavy (non-hydrogen) atoms. The van der Waals surface area contributed by atoms with Crippen LogP contribution in [0.15, 0.2) is 24.3 Å². The number of amides is 1. The van der Waals surface area contributed by atoms with Crippen LogP contribution in [-0.4, -0.2) is 42.5 Å². The number of nitrogens with zero attached hydrogens (tertiary/aromatic N) is 2. The number of carbonyl (C=O) groups is 2. The van der Waals surface area contributed by atoms with E-state index in [-0.39, 0.29) is 11.9 Å². The molecule has 0 bridgehead atoms. The van der Waals surface area contributed by atoms with E-state index < -0.39 is 0 Å². The molecule has 0 aliphatic heterocycles. The Labute approximate surface area is 142 Å². The van der Waals surface area contributed by atoms with Crippen LogP contribution in [0, 0.1) is 13.8 Å². The molecule has 1 aromatic carbocycles. The zero-order valence-corrected chi connectivity index (χ0v) is 14.8. The fraction of sp³-hybridized carbons (Fsp3) is 0.421. The zero-order chi connectivity index (χ0) is 17.7. The summed E-state index contributed by atoms with van der Waals surface area (Å²) in [4.78, 5) is 29.9. The van der Waals surface area contributed by atoms with Crippen LogP contribution in [-0.2, 0) is 20.7 Å². The number of hydrogen-bond donors (Lipinski definition) is 0. The highest BCUT2D eigenvalue weighted by Crippen LogP contribution is 2.23. The average Bonchev–Trinajstić information content (AvgIpc) is 2.58. The number of fused-ring (bicyclic) bond motifs is 1. The molecule has 0 atom stereocenters. The van der Waals surface area contributed by atoms with Gasteiger partial charge in [0.05, 0.1) is 19.0 Å². The lowest BCUT2D eigenvalue weighted by atomic mass is 9.99. The molecule has 0 saturated heterocycles. The van der Waals surface area contributed by atoms with Crippen LogP contribution in [0.1, 0.15) is 29.7 Å². The van der Waals surface area contributed by atoms with Crippen molar-refractivity contribution in [3.05, 3.63) is 41.1 Å². The summed E-state index contributed by atoms with van der Waals surface area (Å²) in [5.74, 6) is -0.218. The third-order valence-corrected chi connectivity index (χ3v) is 4.34. The van der Waals surface area contributed by atoms with Crippen molar-refractivity contribution in [3.63, 3.8) is 0 Å². The highest BCUT2D eigenvalue weighted by Gasteiger charge is 2.16. The van der Waals surface area contributed by atoms with Gasteiger partial charge >= 0.3 is 5.97 Å². The molecular formula is C19H24N2O3. The van der Waals surface area contributed by atoms with Gasteiger partial charge in [0, 0.05) is 31.1 Å². The Morgan fingerprint density at radius 1 is 1.21 bits per heavy atom. The van der Waals surface area contributed by atoms with Crippen molar-refractivity contribution >= 4 is 22.8 Å². The van der Waals surface area contributed by atoms with Gasteiger partial charge in [0.15, 0.2) is 0 Å². The maximum Gasteiger partial charge on any atom is 0.305 e. The Hall–Kier alpha value is -2.43. The van der Waals surface area contributed by atoms with Crippen molar-refractivity contribution in [3.8, 4) is 0 Å². The second kappa shape index (κ2) is 7.90. The predicted octanol–water partition coefficient (Wildman–Crippen LogP) is 2.81. The molecule has 2 rings (SSSR count). The first-order valence-corrected chi connectivity index (χ1v) is 8.09. The molecule has 0 saturated carbocycles. The number of aryl methyl sites for hydroxylation is 2. The van der Waals surface area contributed by atoms with Gasteiger partial charge in [-0.1, -0.05) is 18.2 Å². The van der Waals surface area contributed by atoms with E-state index in [1.54, 1.807) is 11.9 Å². The maximum absolute atomic E-state index is 12.5. The minimum Gasteiger partial charge on any atom is -0.469 e. The Morgan fingerprint density at radius 3 is 2.62 bits per heavy atom. The first-order valence-electron chi connectivity index (χ1n) is 8.09. The molecule has 0 aliphatic rings. The fourth-order valence-corrected chi connectivity index (χ4v) is 2.80. The number of hydrogen-bond acceptors (Lipinski definition) is 4. The van der Waals surface area contributed by atoms with E-state index in [0.29, 0.717) is 25.8 Å². The van der Waals surface area contributed by atoms with Gasteiger partial charge in [-0.05, 0) is 37.5 Å². The lowest BCUT2D eigenvalue weighted by Crippen LogP contribution is -2.30. The van der Waals surface area contributed by atoms with Crippen LogP contribution in [0.5, 0.6) is 0 Å². The van der Waals surface area contributed by atoms with Crippen molar-refractivity contribution in [2.24, 2.45) is 0 Å². The SMILES string of the molecule is COC(=O)CCCN(C)C(=O)Cc1c(C)nc2ccccc2c1C. The Bertz CT molecular complexity index is 756. The van der Waals surface area contributed by atoms with Crippen LogP contribution >= 0.6 is 0 Å². The molecule has 0 fully saturated rings. The lowest BCUT2D eigenvalue weighted by Gasteiger charge is -2.19. The van der Waals surface area contributed by atoms with Crippen LogP contribution in [0.2, 0.25) is 0 Å². The van der Waals surface area contributed by atoms with Gasteiger partial charge in [-0.25, -0.2) is 0 Å². The van der Waals surface area contributed by atoms with Gasteiger partial charge in [-0.3, -0.25) is 14.6 Å². The number of ether oxygens (including phenoxy) is 1. The molecule has 0 aliphatic carbocycles. The monoisotopic (exact) mass is 328 g/mol. The summed E-state index contributed by atoms with van der Waals surface area (Å²) in [6, 6.07) is 7.97. The highest BCUT2D eigenvalue weighted by atomic mass is 16.5. The van der Waals surface area contributed by atoms with E-state index in [4.69, 9.17) is 0 Å². The molecule has 1 heterocycles. The number of likely N-dealkylation sites (N-methyl/N-ethyl adjacent to an activating group) is 1. The Kier molecular flexibility index (Phi) is 5.90. The number of benzene rings is 1. The number of rotatable bonds is 6. The summed E-state index contributed by atoms with van der Waals surface area (Å²) in [6.45, 7) is 4.52. The first kappa shape index (κ1) is 17.9. The summed E-state index contributed by atoms with van der Waals surface area (Å²) in [7, 11) is 3.13. The number of aromatic nitrogens is 1. The summed E-state index contributed by atoms with van der Waals surface area (Å²) in [5, 5.41) is 1.08. The molecule has 0 spiro atoms. The zero-order valence-electron chi connectivity index (χ0n) is 14.8. The summed E-state index contributed by atoms with van der Waals surface area (Å²) >= 11 is 0. The van der Waals surface area contributed by atoms with E-state index in [2.05, 4.69) is 9.72 Å². The molecule has 1 amide bonds. The second-order valence-corrected chi connectivity index (χ2v) is 5.99. The van der Waals surface area contributed by atoms with Gasteiger partial charge < -0.3 is 9.64 Å². The Morgan fingerprint density at radius 2 is 1.92 bits per heavy atom. The van der Waals surface area contributed by atoms with E-state index in [1.165, 1.54) is 7.11 Å². The second-order valence-electron chi connectivity index (χ2n) is 5.99. The minimum absolute atomic E-state index is 0.0307. The molecule has 128 valence electrons. The number of para-hydroxylation sites is 1. The molecule has 0 N–H and O–H groups in total. The van der Waals surface area contributed by atoms with Crippen LogP contribution < -0.4 is 0 Å². The van der Waals surface area contributed by atoms with Crippen LogP contribution in [0.3, 0.4) is 0 Å². The van der Waals surface area contributed by atoms with E-state index in [9.17, 15) is 9.59 Å². The summed E-state index contributed by atoms with van der Waals surface area (Å²) in [5.41, 5.74) is 3.94. The summed E-state index contributed by atoms with van der Waals surface area (Å²) < 4.78 is 4.61. The topological polar surface area (TPSA) is 59.5 Å². The third-order valence-electron chi connectivity index (χ3n) is 4.34. The standard InChI is InChI=1S/C19H24N2O3/c1-13-15-8-5-6-9-17(15)20-14(2)16(13)12-18(22)21(3)11-7-10-19(23)24-4/h5-6,8-9H,7,10-12H2,1-4H3. The fourth-order valence-electron chi connectivity index (χ4n) is 2.80. The van der Waals surface area contributed by atoms with Gasteiger partial charge in [-0.15, -0.1) is 0 Å². The number of carbonyl (C=O) groups excluding carboxylic acids is 2. The number of pyridine rings is 1. The number of esters is 1. The number of methoxy groups -OCH3 is 1. The maximum atomic E-state index is 12.5. The van der Waals surface area contributed by atoms with Gasteiger partial charge in [-0.2, -0.15) is 0 Å². The molecule has 0 unspecified atom stereocenters. The minimum atomic E-state index is -0.249. The molecule has 0 radical (unpaired) electrons. The van der Waals surface area contributed by atoms with Crippen molar-refractivity contribution in [2.75, 3.05) is 20.7 Å². The smallest absolute Gasteiger partial charge is 0.305 e. The van der Waals surface area contributed by atoms with Crippen LogP contribution in [0.4, 0.5) is 0 Å². The van der Waals surface area contributed by atoms with E-state index in [1.807, 2.05) is 38.1 Å². The van der Waals surface area contributed by atoms with Gasteiger partial charge in [0.25, 0.3) is 0 Å². The van der Waals surface area contributed by atoms with Crippen molar-refractivity contribution < 1.29 is 14.3 Å². The van der Waals surface area contributed by atoms with Crippen LogP contribution in [0.25, 0.3) is 10.9 Å². The third kappa shape index (κ3) is 4.10. The molecular weight excluding hydrogens is 304 g/mol. The van der Waals surface area contributed by atoms with Gasteiger partial charge in [0.2, 0.25) is 5.91 Å². The molecule has 1 aromatic heterocycles. The quantitative estimate of drug-likeness (QED) is 0.765.